The highest BCUT2D eigenvalue weighted by atomic mass is 32.2. The van der Waals surface area contributed by atoms with E-state index in [0.717, 1.165) is 12.7 Å². The molecule has 6 nitrogen and oxygen atoms in total. The number of amides is 1. The maximum atomic E-state index is 12.0. The van der Waals surface area contributed by atoms with Crippen LogP contribution in [0.4, 0.5) is 11.4 Å². The number of para-hydroxylation sites is 2. The monoisotopic (exact) mass is 299 g/mol. The highest BCUT2D eigenvalue weighted by molar-refractivity contribution is 7.92. The molecule has 1 atom stereocenters. The van der Waals surface area contributed by atoms with Crippen molar-refractivity contribution in [3.8, 4) is 0 Å². The Morgan fingerprint density at radius 1 is 1.30 bits per heavy atom. The Morgan fingerprint density at radius 2 is 1.90 bits per heavy atom. The molecule has 0 bridgehead atoms. The van der Waals surface area contributed by atoms with Gasteiger partial charge in [0.15, 0.2) is 0 Å². The number of benzene rings is 1. The molecular formula is C13H21N3O3S. The lowest BCUT2D eigenvalue weighted by atomic mass is 10.0. The SMILES string of the molecule is CC(CCCN)C(=O)Nc1ccccc1NS(C)(=O)=O. The van der Waals surface area contributed by atoms with Gasteiger partial charge in [-0.1, -0.05) is 19.1 Å². The van der Waals surface area contributed by atoms with Gasteiger partial charge in [-0.2, -0.15) is 0 Å². The van der Waals surface area contributed by atoms with Crippen LogP contribution in [0.25, 0.3) is 0 Å². The summed E-state index contributed by atoms with van der Waals surface area (Å²) in [4.78, 5) is 12.0. The first-order valence-corrected chi connectivity index (χ1v) is 8.30. The molecule has 1 aromatic rings. The summed E-state index contributed by atoms with van der Waals surface area (Å²) in [7, 11) is -3.39. The third-order valence-corrected chi connectivity index (χ3v) is 3.36. The molecule has 0 aromatic heterocycles. The number of hydrogen-bond donors (Lipinski definition) is 3. The van der Waals surface area contributed by atoms with E-state index < -0.39 is 10.0 Å². The smallest absolute Gasteiger partial charge is 0.229 e. The second-order valence-corrected chi connectivity index (χ2v) is 6.49. The fourth-order valence-electron chi connectivity index (χ4n) is 1.69. The van der Waals surface area contributed by atoms with E-state index in [1.807, 2.05) is 6.92 Å². The average Bonchev–Trinajstić information content (AvgIpc) is 2.36. The van der Waals surface area contributed by atoms with Crippen molar-refractivity contribution in [1.82, 2.24) is 0 Å². The van der Waals surface area contributed by atoms with Crippen LogP contribution in [0.3, 0.4) is 0 Å². The molecule has 0 saturated carbocycles. The van der Waals surface area contributed by atoms with Crippen molar-refractivity contribution in [2.75, 3.05) is 22.8 Å². The quantitative estimate of drug-likeness (QED) is 0.707. The van der Waals surface area contributed by atoms with E-state index in [9.17, 15) is 13.2 Å². The number of nitrogens with one attached hydrogen (secondary N) is 2. The van der Waals surface area contributed by atoms with Crippen molar-refractivity contribution in [3.05, 3.63) is 24.3 Å². The Morgan fingerprint density at radius 3 is 2.45 bits per heavy atom. The number of rotatable bonds is 7. The molecule has 0 radical (unpaired) electrons. The number of carbonyl (C=O) groups is 1. The van der Waals surface area contributed by atoms with Gasteiger partial charge in [-0.05, 0) is 31.5 Å². The van der Waals surface area contributed by atoms with E-state index in [2.05, 4.69) is 10.0 Å². The maximum absolute atomic E-state index is 12.0. The molecule has 112 valence electrons. The zero-order chi connectivity index (χ0) is 15.2. The van der Waals surface area contributed by atoms with E-state index in [0.29, 0.717) is 24.3 Å². The molecule has 1 aromatic carbocycles. The first kappa shape index (κ1) is 16.5. The zero-order valence-corrected chi connectivity index (χ0v) is 12.5. The molecule has 7 heteroatoms. The van der Waals surface area contributed by atoms with E-state index in [-0.39, 0.29) is 11.8 Å². The third kappa shape index (κ3) is 5.58. The molecule has 0 saturated heterocycles. The van der Waals surface area contributed by atoms with Gasteiger partial charge >= 0.3 is 0 Å². The summed E-state index contributed by atoms with van der Waals surface area (Å²) >= 11 is 0. The van der Waals surface area contributed by atoms with Crippen LogP contribution >= 0.6 is 0 Å². The molecule has 0 spiro atoms. The Kier molecular flexibility index (Phi) is 5.97. The Labute approximate surface area is 119 Å². The van der Waals surface area contributed by atoms with Gasteiger partial charge in [-0.3, -0.25) is 9.52 Å². The molecule has 0 heterocycles. The summed E-state index contributed by atoms with van der Waals surface area (Å²) in [5.41, 5.74) is 6.22. The molecule has 1 amide bonds. The summed E-state index contributed by atoms with van der Waals surface area (Å²) in [6.07, 6.45) is 2.54. The summed E-state index contributed by atoms with van der Waals surface area (Å²) in [5, 5.41) is 2.74. The predicted octanol–water partition coefficient (Wildman–Crippen LogP) is 1.37. The van der Waals surface area contributed by atoms with Gasteiger partial charge < -0.3 is 11.1 Å². The highest BCUT2D eigenvalue weighted by Gasteiger charge is 2.15. The molecule has 0 aliphatic carbocycles. The number of hydrogen-bond acceptors (Lipinski definition) is 4. The standard InChI is InChI=1S/C13H21N3O3S/c1-10(6-5-9-14)13(17)15-11-7-3-4-8-12(11)16-20(2,18)19/h3-4,7-8,10,16H,5-6,9,14H2,1-2H3,(H,15,17). The van der Waals surface area contributed by atoms with Crippen LogP contribution in [-0.2, 0) is 14.8 Å². The van der Waals surface area contributed by atoms with Crippen molar-refractivity contribution in [2.24, 2.45) is 11.7 Å². The summed E-state index contributed by atoms with van der Waals surface area (Å²) in [6.45, 7) is 2.36. The second-order valence-electron chi connectivity index (χ2n) is 4.74. The lowest BCUT2D eigenvalue weighted by Crippen LogP contribution is -2.22. The molecule has 0 aliphatic heterocycles. The van der Waals surface area contributed by atoms with Crippen molar-refractivity contribution in [2.45, 2.75) is 19.8 Å². The van der Waals surface area contributed by atoms with Crippen LogP contribution < -0.4 is 15.8 Å². The van der Waals surface area contributed by atoms with Crippen molar-refractivity contribution in [3.63, 3.8) is 0 Å². The number of sulfonamides is 1. The second kappa shape index (κ2) is 7.25. The maximum Gasteiger partial charge on any atom is 0.229 e. The Balaban J connectivity index is 2.79. The molecule has 4 N–H and O–H groups in total. The average molecular weight is 299 g/mol. The van der Waals surface area contributed by atoms with Gasteiger partial charge in [0.05, 0.1) is 17.6 Å². The summed E-state index contributed by atoms with van der Waals surface area (Å²) in [5.74, 6) is -0.328. The molecular weight excluding hydrogens is 278 g/mol. The van der Waals surface area contributed by atoms with Crippen LogP contribution in [0.2, 0.25) is 0 Å². The van der Waals surface area contributed by atoms with Crippen LogP contribution in [-0.4, -0.2) is 27.1 Å². The zero-order valence-electron chi connectivity index (χ0n) is 11.7. The molecule has 20 heavy (non-hydrogen) atoms. The fraction of sp³-hybridized carbons (Fsp3) is 0.462. The van der Waals surface area contributed by atoms with E-state index in [1.54, 1.807) is 24.3 Å². The lowest BCUT2D eigenvalue weighted by Gasteiger charge is -2.15. The van der Waals surface area contributed by atoms with Gasteiger partial charge in [0.2, 0.25) is 15.9 Å². The van der Waals surface area contributed by atoms with E-state index in [1.165, 1.54) is 0 Å². The Hall–Kier alpha value is -1.60. The fourth-order valence-corrected chi connectivity index (χ4v) is 2.27. The van der Waals surface area contributed by atoms with Gasteiger partial charge in [0.1, 0.15) is 0 Å². The van der Waals surface area contributed by atoms with Gasteiger partial charge in [-0.25, -0.2) is 8.42 Å². The number of anilines is 2. The first-order chi connectivity index (χ1) is 9.33. The largest absolute Gasteiger partial charge is 0.330 e. The van der Waals surface area contributed by atoms with Crippen LogP contribution in [0.1, 0.15) is 19.8 Å². The molecule has 1 unspecified atom stereocenters. The Bertz CT molecular complexity index is 558. The molecule has 1 rings (SSSR count). The van der Waals surface area contributed by atoms with E-state index in [4.69, 9.17) is 5.73 Å². The minimum atomic E-state index is -3.39. The van der Waals surface area contributed by atoms with Gasteiger partial charge in [0, 0.05) is 5.92 Å². The summed E-state index contributed by atoms with van der Waals surface area (Å²) < 4.78 is 24.9. The van der Waals surface area contributed by atoms with Gasteiger partial charge in [-0.15, -0.1) is 0 Å². The molecule has 0 fully saturated rings. The third-order valence-electron chi connectivity index (χ3n) is 2.77. The van der Waals surface area contributed by atoms with Crippen LogP contribution in [0.15, 0.2) is 24.3 Å². The van der Waals surface area contributed by atoms with E-state index >= 15 is 0 Å². The minimum absolute atomic E-state index is 0.152. The van der Waals surface area contributed by atoms with Crippen molar-refractivity contribution < 1.29 is 13.2 Å². The topological polar surface area (TPSA) is 101 Å². The van der Waals surface area contributed by atoms with Crippen LogP contribution in [0.5, 0.6) is 0 Å². The number of carbonyl (C=O) groups excluding carboxylic acids is 1. The first-order valence-electron chi connectivity index (χ1n) is 6.41. The minimum Gasteiger partial charge on any atom is -0.330 e. The van der Waals surface area contributed by atoms with Crippen LogP contribution in [0, 0.1) is 5.92 Å². The van der Waals surface area contributed by atoms with Gasteiger partial charge in [0.25, 0.3) is 0 Å². The lowest BCUT2D eigenvalue weighted by molar-refractivity contribution is -0.119. The summed E-state index contributed by atoms with van der Waals surface area (Å²) in [6, 6.07) is 6.68. The predicted molar refractivity (Wildman–Crippen MR) is 81.0 cm³/mol. The van der Waals surface area contributed by atoms with Crippen molar-refractivity contribution in [1.29, 1.82) is 0 Å². The molecule has 0 aliphatic rings. The van der Waals surface area contributed by atoms with Crippen molar-refractivity contribution >= 4 is 27.3 Å². The highest BCUT2D eigenvalue weighted by Crippen LogP contribution is 2.23. The normalized spacial score (nSPS) is 12.8. The number of nitrogens with two attached hydrogens (primary N) is 1.